The fourth-order valence-corrected chi connectivity index (χ4v) is 5.43. The summed E-state index contributed by atoms with van der Waals surface area (Å²) in [5, 5.41) is 0. The average Bonchev–Trinajstić information content (AvgIpc) is 2.68. The molecule has 3 rings (SSSR count). The van der Waals surface area contributed by atoms with E-state index in [1.807, 2.05) is 11.8 Å². The highest BCUT2D eigenvalue weighted by molar-refractivity contribution is 7.89. The summed E-state index contributed by atoms with van der Waals surface area (Å²) in [4.78, 5) is 17.5. The fourth-order valence-electron chi connectivity index (χ4n) is 3.78. The van der Waals surface area contributed by atoms with Crippen molar-refractivity contribution in [1.29, 1.82) is 0 Å². The van der Waals surface area contributed by atoms with E-state index in [-0.39, 0.29) is 10.8 Å². The molecule has 0 aliphatic carbocycles. The van der Waals surface area contributed by atoms with E-state index in [4.69, 9.17) is 0 Å². The van der Waals surface area contributed by atoms with Crippen molar-refractivity contribution in [1.82, 2.24) is 14.1 Å². The van der Waals surface area contributed by atoms with Gasteiger partial charge in [0.25, 0.3) is 0 Å². The standard InChI is InChI=1S/C19H29N3O3S/c1-3-20-12-14-21(15-13-20)19(23)18-6-4-5-11-22(18)26(24,25)17-9-7-16(2)8-10-17/h7-10,18H,3-6,11-15H2,1-2H3/t18-/m1/s1. The highest BCUT2D eigenvalue weighted by atomic mass is 32.2. The topological polar surface area (TPSA) is 60.9 Å². The van der Waals surface area contributed by atoms with E-state index in [1.54, 1.807) is 24.3 Å². The molecule has 0 saturated carbocycles. The number of nitrogens with zero attached hydrogens (tertiary/aromatic N) is 3. The Hall–Kier alpha value is -1.44. The molecule has 2 fully saturated rings. The third-order valence-electron chi connectivity index (χ3n) is 5.50. The minimum atomic E-state index is -3.65. The SMILES string of the molecule is CCN1CCN(C(=O)[C@H]2CCCCN2S(=O)(=O)c2ccc(C)cc2)CC1. The van der Waals surface area contributed by atoms with Gasteiger partial charge in [-0.3, -0.25) is 4.79 Å². The lowest BCUT2D eigenvalue weighted by Gasteiger charge is -2.40. The molecule has 6 nitrogen and oxygen atoms in total. The molecule has 0 N–H and O–H groups in total. The third-order valence-corrected chi connectivity index (χ3v) is 7.42. The smallest absolute Gasteiger partial charge is 0.243 e. The molecule has 0 unspecified atom stereocenters. The second-order valence-corrected chi connectivity index (χ2v) is 9.09. The van der Waals surface area contributed by atoms with Crippen LogP contribution in [0.2, 0.25) is 0 Å². The molecular weight excluding hydrogens is 350 g/mol. The molecule has 2 heterocycles. The van der Waals surface area contributed by atoms with Crippen molar-refractivity contribution in [3.8, 4) is 0 Å². The number of carbonyl (C=O) groups excluding carboxylic acids is 1. The number of amides is 1. The Bertz CT molecular complexity index is 725. The summed E-state index contributed by atoms with van der Waals surface area (Å²) in [6.45, 7) is 8.54. The van der Waals surface area contributed by atoms with Crippen LogP contribution >= 0.6 is 0 Å². The van der Waals surface area contributed by atoms with Crippen molar-refractivity contribution in [3.63, 3.8) is 0 Å². The molecule has 0 radical (unpaired) electrons. The summed E-state index contributed by atoms with van der Waals surface area (Å²) in [6.07, 6.45) is 2.31. The molecule has 144 valence electrons. The second-order valence-electron chi connectivity index (χ2n) is 7.20. The zero-order valence-corrected chi connectivity index (χ0v) is 16.5. The van der Waals surface area contributed by atoms with Crippen LogP contribution in [0.3, 0.4) is 0 Å². The lowest BCUT2D eigenvalue weighted by atomic mass is 10.0. The summed E-state index contributed by atoms with van der Waals surface area (Å²) >= 11 is 0. The van der Waals surface area contributed by atoms with Crippen molar-refractivity contribution < 1.29 is 13.2 Å². The molecule has 7 heteroatoms. The van der Waals surface area contributed by atoms with Crippen LogP contribution in [0.15, 0.2) is 29.2 Å². The Labute approximate surface area is 156 Å². The zero-order valence-electron chi connectivity index (χ0n) is 15.7. The van der Waals surface area contributed by atoms with Gasteiger partial charge in [0.05, 0.1) is 4.90 Å². The quantitative estimate of drug-likeness (QED) is 0.799. The summed E-state index contributed by atoms with van der Waals surface area (Å²) < 4.78 is 27.7. The molecule has 1 aromatic rings. The molecule has 1 atom stereocenters. The van der Waals surface area contributed by atoms with Crippen molar-refractivity contribution in [3.05, 3.63) is 29.8 Å². The van der Waals surface area contributed by atoms with Gasteiger partial charge in [-0.25, -0.2) is 8.42 Å². The van der Waals surface area contributed by atoms with E-state index in [2.05, 4.69) is 11.8 Å². The molecule has 1 amide bonds. The Morgan fingerprint density at radius 2 is 1.69 bits per heavy atom. The lowest BCUT2D eigenvalue weighted by Crippen LogP contribution is -2.57. The number of aryl methyl sites for hydroxylation is 1. The second kappa shape index (κ2) is 8.06. The summed E-state index contributed by atoms with van der Waals surface area (Å²) in [7, 11) is -3.65. The van der Waals surface area contributed by atoms with Gasteiger partial charge in [0.1, 0.15) is 6.04 Å². The Balaban J connectivity index is 1.79. The molecule has 0 bridgehead atoms. The molecule has 0 aromatic heterocycles. The van der Waals surface area contributed by atoms with Gasteiger partial charge >= 0.3 is 0 Å². The van der Waals surface area contributed by atoms with E-state index in [1.165, 1.54) is 4.31 Å². The molecular formula is C19H29N3O3S. The van der Waals surface area contributed by atoms with Crippen molar-refractivity contribution in [2.75, 3.05) is 39.3 Å². The van der Waals surface area contributed by atoms with E-state index >= 15 is 0 Å². The summed E-state index contributed by atoms with van der Waals surface area (Å²) in [5.41, 5.74) is 1.02. The van der Waals surface area contributed by atoms with Gasteiger partial charge in [-0.1, -0.05) is 31.0 Å². The summed E-state index contributed by atoms with van der Waals surface area (Å²) in [5.74, 6) is -0.0314. The zero-order chi connectivity index (χ0) is 18.7. The highest BCUT2D eigenvalue weighted by Crippen LogP contribution is 2.27. The number of likely N-dealkylation sites (N-methyl/N-ethyl adjacent to an activating group) is 1. The first-order valence-corrected chi connectivity index (χ1v) is 11.0. The maximum Gasteiger partial charge on any atom is 0.243 e. The van der Waals surface area contributed by atoms with E-state index < -0.39 is 16.1 Å². The van der Waals surface area contributed by atoms with Gasteiger partial charge in [0.15, 0.2) is 0 Å². The number of benzene rings is 1. The fraction of sp³-hybridized carbons (Fsp3) is 0.632. The van der Waals surface area contributed by atoms with Crippen LogP contribution < -0.4 is 0 Å². The van der Waals surface area contributed by atoms with Crippen LogP contribution in [0.5, 0.6) is 0 Å². The third kappa shape index (κ3) is 3.94. The van der Waals surface area contributed by atoms with Gasteiger partial charge in [-0.2, -0.15) is 4.31 Å². The number of piperidine rings is 1. The Kier molecular flexibility index (Phi) is 5.99. The average molecular weight is 380 g/mol. The van der Waals surface area contributed by atoms with E-state index in [9.17, 15) is 13.2 Å². The predicted octanol–water partition coefficient (Wildman–Crippen LogP) is 1.70. The number of piperazine rings is 1. The molecule has 2 aliphatic heterocycles. The minimum Gasteiger partial charge on any atom is -0.339 e. The van der Waals surface area contributed by atoms with Crippen LogP contribution in [0.25, 0.3) is 0 Å². The number of hydrogen-bond donors (Lipinski definition) is 0. The minimum absolute atomic E-state index is 0.0314. The van der Waals surface area contributed by atoms with Crippen LogP contribution in [0, 0.1) is 6.92 Å². The van der Waals surface area contributed by atoms with Crippen molar-refractivity contribution in [2.45, 2.75) is 44.0 Å². The van der Waals surface area contributed by atoms with Gasteiger partial charge in [0, 0.05) is 32.7 Å². The number of rotatable bonds is 4. The van der Waals surface area contributed by atoms with Gasteiger partial charge < -0.3 is 9.80 Å². The maximum atomic E-state index is 13.1. The van der Waals surface area contributed by atoms with E-state index in [0.717, 1.165) is 38.0 Å². The first-order valence-electron chi connectivity index (χ1n) is 9.53. The maximum absolute atomic E-state index is 13.1. The number of sulfonamides is 1. The van der Waals surface area contributed by atoms with Gasteiger partial charge in [-0.15, -0.1) is 0 Å². The van der Waals surface area contributed by atoms with E-state index in [0.29, 0.717) is 26.1 Å². The first-order chi connectivity index (χ1) is 12.4. The first kappa shape index (κ1) is 19.3. The van der Waals surface area contributed by atoms with Crippen LogP contribution in [-0.2, 0) is 14.8 Å². The molecule has 26 heavy (non-hydrogen) atoms. The molecule has 1 aromatic carbocycles. The van der Waals surface area contributed by atoms with Crippen molar-refractivity contribution >= 4 is 15.9 Å². The summed E-state index contributed by atoms with van der Waals surface area (Å²) in [6, 6.07) is 6.32. The Morgan fingerprint density at radius 3 is 2.31 bits per heavy atom. The van der Waals surface area contributed by atoms with Gasteiger partial charge in [0.2, 0.25) is 15.9 Å². The van der Waals surface area contributed by atoms with Crippen molar-refractivity contribution in [2.24, 2.45) is 0 Å². The molecule has 0 spiro atoms. The molecule has 2 aliphatic rings. The highest BCUT2D eigenvalue weighted by Gasteiger charge is 2.39. The van der Waals surface area contributed by atoms with Crippen LogP contribution in [0.4, 0.5) is 0 Å². The lowest BCUT2D eigenvalue weighted by molar-refractivity contribution is -0.138. The van der Waals surface area contributed by atoms with Crippen LogP contribution in [0.1, 0.15) is 31.7 Å². The van der Waals surface area contributed by atoms with Crippen LogP contribution in [-0.4, -0.2) is 73.7 Å². The monoisotopic (exact) mass is 379 g/mol. The Morgan fingerprint density at radius 1 is 1.04 bits per heavy atom. The number of hydrogen-bond acceptors (Lipinski definition) is 4. The van der Waals surface area contributed by atoms with Gasteiger partial charge in [-0.05, 0) is 38.4 Å². The molecule has 2 saturated heterocycles. The predicted molar refractivity (Wildman–Crippen MR) is 101 cm³/mol. The normalized spacial score (nSPS) is 23.2. The largest absolute Gasteiger partial charge is 0.339 e. The number of carbonyl (C=O) groups is 1.